The Hall–Kier alpha value is -2.80. The Bertz CT molecular complexity index is 1330. The summed E-state index contributed by atoms with van der Waals surface area (Å²) in [5.74, 6) is -0.321. The Morgan fingerprint density at radius 1 is 1.06 bits per heavy atom. The molecule has 0 aliphatic rings. The molecule has 32 heavy (non-hydrogen) atoms. The monoisotopic (exact) mass is 492 g/mol. The molecule has 0 spiro atoms. The van der Waals surface area contributed by atoms with Crippen LogP contribution in [-0.4, -0.2) is 17.5 Å². The summed E-state index contributed by atoms with van der Waals surface area (Å²) in [4.78, 5) is 16.8. The van der Waals surface area contributed by atoms with E-state index >= 15 is 0 Å². The van der Waals surface area contributed by atoms with Gasteiger partial charge in [0.1, 0.15) is 11.3 Å². The highest BCUT2D eigenvalue weighted by Gasteiger charge is 2.19. The van der Waals surface area contributed by atoms with Gasteiger partial charge < -0.3 is 14.5 Å². The molecule has 1 N–H and O–H groups in total. The minimum absolute atomic E-state index is 0.203. The van der Waals surface area contributed by atoms with Gasteiger partial charge >= 0.3 is 0 Å². The zero-order valence-electron chi connectivity index (χ0n) is 16.9. The molecule has 0 saturated carbocycles. The number of carbonyl (C=O) groups is 1. The van der Waals surface area contributed by atoms with Crippen LogP contribution in [0.5, 0.6) is 5.75 Å². The number of aromatic nitrogens is 1. The van der Waals surface area contributed by atoms with E-state index in [1.54, 1.807) is 44.2 Å². The number of nitrogens with one attached hydrogen (secondary N) is 1. The van der Waals surface area contributed by atoms with Crippen LogP contribution in [0.15, 0.2) is 46.9 Å². The zero-order chi connectivity index (χ0) is 23.0. The summed E-state index contributed by atoms with van der Waals surface area (Å²) in [7, 11) is 0. The van der Waals surface area contributed by atoms with Crippen LogP contribution in [0.25, 0.3) is 22.6 Å². The van der Waals surface area contributed by atoms with Gasteiger partial charge in [-0.2, -0.15) is 0 Å². The average molecular weight is 494 g/mol. The van der Waals surface area contributed by atoms with Gasteiger partial charge in [-0.05, 0) is 61.4 Å². The molecule has 3 aromatic carbocycles. The maximum Gasteiger partial charge on any atom is 0.262 e. The summed E-state index contributed by atoms with van der Waals surface area (Å²) < 4.78 is 24.7. The maximum atomic E-state index is 13.5. The van der Waals surface area contributed by atoms with Crippen molar-refractivity contribution in [2.75, 3.05) is 11.9 Å². The molecule has 1 aromatic heterocycles. The van der Waals surface area contributed by atoms with Crippen molar-refractivity contribution in [3.63, 3.8) is 0 Å². The number of halogens is 4. The van der Waals surface area contributed by atoms with E-state index in [-0.39, 0.29) is 34.1 Å². The number of benzene rings is 3. The van der Waals surface area contributed by atoms with Crippen molar-refractivity contribution in [3.05, 3.63) is 74.5 Å². The summed E-state index contributed by atoms with van der Waals surface area (Å²) in [6.45, 7) is 3.17. The van der Waals surface area contributed by atoms with Gasteiger partial charge in [0.2, 0.25) is 5.89 Å². The van der Waals surface area contributed by atoms with E-state index in [0.717, 1.165) is 0 Å². The van der Waals surface area contributed by atoms with Gasteiger partial charge in [0.25, 0.3) is 5.91 Å². The number of oxazole rings is 1. The summed E-state index contributed by atoms with van der Waals surface area (Å²) in [5, 5.41) is 3.69. The lowest BCUT2D eigenvalue weighted by molar-refractivity contribution is -0.118. The van der Waals surface area contributed by atoms with Gasteiger partial charge in [-0.3, -0.25) is 4.79 Å². The molecule has 0 aliphatic heterocycles. The maximum absolute atomic E-state index is 13.5. The molecule has 9 heteroatoms. The standard InChI is InChI=1S/C23H16Cl3FN2O3/c1-11-19(24)12(2)21(26)22(20(11)25)31-10-18(30)28-15-6-7-17-16(9-15)29-23(32-17)13-4-3-5-14(27)8-13/h3-9H,10H2,1-2H3,(H,28,30). The lowest BCUT2D eigenvalue weighted by atomic mass is 10.1. The quantitative estimate of drug-likeness (QED) is 0.318. The van der Waals surface area contributed by atoms with Crippen molar-refractivity contribution in [3.8, 4) is 17.2 Å². The Morgan fingerprint density at radius 2 is 1.78 bits per heavy atom. The predicted octanol–water partition coefficient (Wildman–Crippen LogP) is 7.23. The number of fused-ring (bicyclic) bond motifs is 1. The van der Waals surface area contributed by atoms with Crippen molar-refractivity contribution in [2.45, 2.75) is 13.8 Å². The average Bonchev–Trinajstić information content (AvgIpc) is 3.20. The van der Waals surface area contributed by atoms with Gasteiger partial charge in [-0.15, -0.1) is 0 Å². The van der Waals surface area contributed by atoms with Crippen LogP contribution in [0, 0.1) is 19.7 Å². The number of amides is 1. The fourth-order valence-electron chi connectivity index (χ4n) is 3.12. The summed E-state index contributed by atoms with van der Waals surface area (Å²) in [6, 6.07) is 10.9. The molecular formula is C23H16Cl3FN2O3. The molecule has 0 unspecified atom stereocenters. The second-order valence-corrected chi connectivity index (χ2v) is 8.20. The molecule has 0 saturated heterocycles. The number of carbonyl (C=O) groups excluding carboxylic acids is 1. The molecule has 4 rings (SSSR count). The predicted molar refractivity (Wildman–Crippen MR) is 124 cm³/mol. The summed E-state index contributed by atoms with van der Waals surface area (Å²) in [5.41, 5.74) is 3.27. The molecule has 4 aromatic rings. The molecule has 164 valence electrons. The van der Waals surface area contributed by atoms with Crippen molar-refractivity contribution >= 4 is 57.5 Å². The largest absolute Gasteiger partial charge is 0.481 e. The van der Waals surface area contributed by atoms with E-state index in [1.165, 1.54) is 12.1 Å². The summed E-state index contributed by atoms with van der Waals surface area (Å²) >= 11 is 18.7. The Labute approximate surface area is 198 Å². The van der Waals surface area contributed by atoms with Gasteiger partial charge in [0.05, 0.1) is 10.0 Å². The van der Waals surface area contributed by atoms with E-state index in [1.807, 2.05) is 0 Å². The van der Waals surface area contributed by atoms with Gasteiger partial charge in [-0.1, -0.05) is 40.9 Å². The molecular weight excluding hydrogens is 478 g/mol. The fraction of sp³-hybridized carbons (Fsp3) is 0.130. The van der Waals surface area contributed by atoms with Gasteiger partial charge in [0.15, 0.2) is 17.9 Å². The van der Waals surface area contributed by atoms with Crippen LogP contribution in [0.2, 0.25) is 15.1 Å². The van der Waals surface area contributed by atoms with Crippen LogP contribution in [0.4, 0.5) is 10.1 Å². The highest BCUT2D eigenvalue weighted by atomic mass is 35.5. The van der Waals surface area contributed by atoms with Crippen LogP contribution in [-0.2, 0) is 4.79 Å². The van der Waals surface area contributed by atoms with Gasteiger partial charge in [0, 0.05) is 16.3 Å². The van der Waals surface area contributed by atoms with E-state index in [0.29, 0.717) is 38.5 Å². The zero-order valence-corrected chi connectivity index (χ0v) is 19.2. The van der Waals surface area contributed by atoms with Crippen molar-refractivity contribution in [2.24, 2.45) is 0 Å². The molecule has 0 radical (unpaired) electrons. The third kappa shape index (κ3) is 4.39. The fourth-order valence-corrected chi connectivity index (χ4v) is 3.94. The molecule has 1 amide bonds. The van der Waals surface area contributed by atoms with Gasteiger partial charge in [-0.25, -0.2) is 9.37 Å². The minimum atomic E-state index is -0.421. The van der Waals surface area contributed by atoms with E-state index in [9.17, 15) is 9.18 Å². The second kappa shape index (κ2) is 8.98. The van der Waals surface area contributed by atoms with Crippen LogP contribution >= 0.6 is 34.8 Å². The van der Waals surface area contributed by atoms with E-state index in [2.05, 4.69) is 10.3 Å². The second-order valence-electron chi connectivity index (χ2n) is 7.07. The Morgan fingerprint density at radius 3 is 2.47 bits per heavy atom. The summed E-state index contributed by atoms with van der Waals surface area (Å²) in [6.07, 6.45) is 0. The Kier molecular flexibility index (Phi) is 6.29. The highest BCUT2D eigenvalue weighted by molar-refractivity contribution is 6.42. The van der Waals surface area contributed by atoms with Crippen LogP contribution in [0.3, 0.4) is 0 Å². The third-order valence-electron chi connectivity index (χ3n) is 4.81. The number of rotatable bonds is 5. The van der Waals surface area contributed by atoms with Crippen molar-refractivity contribution in [1.29, 1.82) is 0 Å². The SMILES string of the molecule is Cc1c(Cl)c(C)c(Cl)c(OCC(=O)Nc2ccc3oc(-c4cccc(F)c4)nc3c2)c1Cl. The van der Waals surface area contributed by atoms with E-state index in [4.69, 9.17) is 44.0 Å². The first-order valence-electron chi connectivity index (χ1n) is 9.47. The molecule has 5 nitrogen and oxygen atoms in total. The number of hydrogen-bond acceptors (Lipinski definition) is 4. The minimum Gasteiger partial charge on any atom is -0.481 e. The topological polar surface area (TPSA) is 64.4 Å². The van der Waals surface area contributed by atoms with Crippen LogP contribution in [0.1, 0.15) is 11.1 Å². The number of hydrogen-bond donors (Lipinski definition) is 1. The van der Waals surface area contributed by atoms with E-state index < -0.39 is 5.91 Å². The Balaban J connectivity index is 1.49. The smallest absolute Gasteiger partial charge is 0.262 e. The van der Waals surface area contributed by atoms with Crippen LogP contribution < -0.4 is 10.1 Å². The lowest BCUT2D eigenvalue weighted by Crippen LogP contribution is -2.20. The first-order chi connectivity index (χ1) is 15.2. The first-order valence-corrected chi connectivity index (χ1v) is 10.6. The van der Waals surface area contributed by atoms with Crippen molar-refractivity contribution in [1.82, 2.24) is 4.98 Å². The first kappa shape index (κ1) is 22.4. The lowest BCUT2D eigenvalue weighted by Gasteiger charge is -2.15. The third-order valence-corrected chi connectivity index (χ3v) is 6.28. The molecule has 1 heterocycles. The normalized spacial score (nSPS) is 11.1. The molecule has 0 atom stereocenters. The highest BCUT2D eigenvalue weighted by Crippen LogP contribution is 2.42. The molecule has 0 aliphatic carbocycles. The number of nitrogens with zero attached hydrogens (tertiary/aromatic N) is 1. The molecule has 0 bridgehead atoms. The molecule has 0 fully saturated rings. The van der Waals surface area contributed by atoms with Crippen molar-refractivity contribution < 1.29 is 18.3 Å². The number of ether oxygens (including phenoxy) is 1. The number of anilines is 1.